The number of fused-ring (bicyclic) bond motifs is 2. The number of ketones is 1. The Morgan fingerprint density at radius 1 is 1.19 bits per heavy atom. The summed E-state index contributed by atoms with van der Waals surface area (Å²) in [6, 6.07) is 11.8. The van der Waals surface area contributed by atoms with Crippen LogP contribution in [0.5, 0.6) is 0 Å². The fourth-order valence-corrected chi connectivity index (χ4v) is 3.46. The van der Waals surface area contributed by atoms with Crippen LogP contribution in [0.25, 0.3) is 10.9 Å². The molecule has 1 heterocycles. The molecule has 0 spiro atoms. The summed E-state index contributed by atoms with van der Waals surface area (Å²) in [6.07, 6.45) is 3.02. The molecule has 2 N–H and O–H groups in total. The van der Waals surface area contributed by atoms with Gasteiger partial charge in [-0.3, -0.25) is 19.7 Å². The van der Waals surface area contributed by atoms with Gasteiger partial charge in [-0.2, -0.15) is 0 Å². The number of benzene rings is 2. The number of amides is 1. The number of nitro benzene ring substituents is 1. The lowest BCUT2D eigenvalue weighted by molar-refractivity contribution is -0.384. The maximum Gasteiger partial charge on any atom is 0.292 e. The van der Waals surface area contributed by atoms with Crippen LogP contribution in [0.2, 0.25) is 0 Å². The molecule has 0 saturated heterocycles. The van der Waals surface area contributed by atoms with Crippen LogP contribution in [0.1, 0.15) is 33.9 Å². The second-order valence-electron chi connectivity index (χ2n) is 6.28. The van der Waals surface area contributed by atoms with Crippen molar-refractivity contribution in [3.63, 3.8) is 0 Å². The second kappa shape index (κ2) is 6.11. The normalized spacial score (nSPS) is 15.6. The molecule has 1 aliphatic carbocycles. The highest BCUT2D eigenvalue weighted by molar-refractivity contribution is 6.45. The minimum atomic E-state index is -0.709. The number of rotatable bonds is 4. The summed E-state index contributed by atoms with van der Waals surface area (Å²) in [6.45, 7) is 0. The van der Waals surface area contributed by atoms with E-state index in [-0.39, 0.29) is 17.3 Å². The lowest BCUT2D eigenvalue weighted by Crippen LogP contribution is -2.33. The molecule has 1 amide bonds. The Balaban J connectivity index is 1.60. The lowest BCUT2D eigenvalue weighted by Gasteiger charge is -2.13. The van der Waals surface area contributed by atoms with E-state index >= 15 is 0 Å². The van der Waals surface area contributed by atoms with Gasteiger partial charge in [0.1, 0.15) is 0 Å². The van der Waals surface area contributed by atoms with E-state index in [0.29, 0.717) is 10.9 Å². The Hall–Kier alpha value is -3.48. The quantitative estimate of drug-likeness (QED) is 0.327. The van der Waals surface area contributed by atoms with Gasteiger partial charge in [0, 0.05) is 29.2 Å². The van der Waals surface area contributed by atoms with E-state index in [1.54, 1.807) is 0 Å². The number of H-pyrrole nitrogens is 1. The molecule has 2 aromatic carbocycles. The summed E-state index contributed by atoms with van der Waals surface area (Å²) in [5.41, 5.74) is 2.78. The molecular weight excluding hydrogens is 334 g/mol. The first-order valence-corrected chi connectivity index (χ1v) is 8.23. The number of carbonyl (C=O) groups is 2. The average molecular weight is 349 g/mol. The topological polar surface area (TPSA) is 105 Å². The van der Waals surface area contributed by atoms with Crippen LogP contribution >= 0.6 is 0 Å². The molecule has 0 radical (unpaired) electrons. The van der Waals surface area contributed by atoms with Crippen molar-refractivity contribution < 1.29 is 14.5 Å². The number of aromatic amines is 1. The number of aryl methyl sites for hydroxylation is 1. The number of Topliss-reactive ketones (excluding diaryl/α,β-unsaturated/α-hetero) is 1. The van der Waals surface area contributed by atoms with Crippen LogP contribution in [0.4, 0.5) is 5.69 Å². The largest absolute Gasteiger partial charge is 0.360 e. The molecule has 0 bridgehead atoms. The Morgan fingerprint density at radius 2 is 2.00 bits per heavy atom. The number of hydrogen-bond acceptors (Lipinski definition) is 4. The summed E-state index contributed by atoms with van der Waals surface area (Å²) >= 11 is 0. The van der Waals surface area contributed by atoms with Gasteiger partial charge in [0.2, 0.25) is 0 Å². The van der Waals surface area contributed by atoms with E-state index in [0.717, 1.165) is 18.4 Å². The molecular formula is C19H15N3O4. The summed E-state index contributed by atoms with van der Waals surface area (Å²) < 4.78 is 0. The van der Waals surface area contributed by atoms with E-state index in [9.17, 15) is 19.7 Å². The first-order chi connectivity index (χ1) is 12.5. The zero-order chi connectivity index (χ0) is 18.3. The highest BCUT2D eigenvalue weighted by Gasteiger charge is 2.27. The number of aromatic nitrogens is 1. The third-order valence-electron chi connectivity index (χ3n) is 4.77. The maximum absolute atomic E-state index is 12.6. The van der Waals surface area contributed by atoms with Crippen LogP contribution in [0, 0.1) is 10.1 Å². The standard InChI is InChI=1S/C19H15N3O4/c23-18(15-10-20-16-8-6-12(22(25)26)9-14(15)16)19(24)21-17-7-5-11-3-1-2-4-13(11)17/h1-4,6,8-10,17,20H,5,7H2,(H,21,24)/t17-/m1/s1. The smallest absolute Gasteiger partial charge is 0.292 e. The molecule has 3 aromatic rings. The molecule has 130 valence electrons. The molecule has 1 aliphatic rings. The molecule has 4 rings (SSSR count). The van der Waals surface area contributed by atoms with Crippen molar-refractivity contribution in [2.45, 2.75) is 18.9 Å². The zero-order valence-electron chi connectivity index (χ0n) is 13.7. The predicted molar refractivity (Wildman–Crippen MR) is 94.9 cm³/mol. The number of hydrogen-bond donors (Lipinski definition) is 2. The monoisotopic (exact) mass is 349 g/mol. The molecule has 0 saturated carbocycles. The van der Waals surface area contributed by atoms with Gasteiger partial charge in [-0.25, -0.2) is 0 Å². The van der Waals surface area contributed by atoms with Gasteiger partial charge in [-0.05, 0) is 30.0 Å². The van der Waals surface area contributed by atoms with Crippen molar-refractivity contribution >= 4 is 28.3 Å². The Morgan fingerprint density at radius 3 is 2.81 bits per heavy atom. The number of carbonyl (C=O) groups excluding carboxylic acids is 2. The SMILES string of the molecule is O=C(N[C@@H]1CCc2ccccc21)C(=O)c1c[nH]c2ccc([N+](=O)[O-])cc12. The summed E-state index contributed by atoms with van der Waals surface area (Å²) in [5, 5.41) is 14.1. The molecule has 0 unspecified atom stereocenters. The van der Waals surface area contributed by atoms with Gasteiger partial charge in [0.25, 0.3) is 17.4 Å². The van der Waals surface area contributed by atoms with Crippen LogP contribution < -0.4 is 5.32 Å². The van der Waals surface area contributed by atoms with Crippen LogP contribution in [0.15, 0.2) is 48.7 Å². The number of nitrogens with zero attached hydrogens (tertiary/aromatic N) is 1. The van der Waals surface area contributed by atoms with Gasteiger partial charge in [0.05, 0.1) is 16.5 Å². The highest BCUT2D eigenvalue weighted by Crippen LogP contribution is 2.31. The van der Waals surface area contributed by atoms with Crippen molar-refractivity contribution in [2.24, 2.45) is 0 Å². The molecule has 0 aliphatic heterocycles. The molecule has 1 atom stereocenters. The second-order valence-corrected chi connectivity index (χ2v) is 6.28. The van der Waals surface area contributed by atoms with Gasteiger partial charge in [-0.15, -0.1) is 0 Å². The third-order valence-corrected chi connectivity index (χ3v) is 4.77. The van der Waals surface area contributed by atoms with E-state index in [1.165, 1.54) is 30.0 Å². The third kappa shape index (κ3) is 2.63. The van der Waals surface area contributed by atoms with Gasteiger partial charge in [0.15, 0.2) is 0 Å². The minimum Gasteiger partial charge on any atom is -0.360 e. The van der Waals surface area contributed by atoms with Gasteiger partial charge < -0.3 is 10.3 Å². The summed E-state index contributed by atoms with van der Waals surface area (Å²) in [5.74, 6) is -1.42. The highest BCUT2D eigenvalue weighted by atomic mass is 16.6. The molecule has 7 heteroatoms. The lowest BCUT2D eigenvalue weighted by atomic mass is 10.1. The van der Waals surface area contributed by atoms with E-state index in [2.05, 4.69) is 10.3 Å². The zero-order valence-corrected chi connectivity index (χ0v) is 13.7. The molecule has 7 nitrogen and oxygen atoms in total. The van der Waals surface area contributed by atoms with Crippen molar-refractivity contribution in [1.82, 2.24) is 10.3 Å². The summed E-state index contributed by atoms with van der Waals surface area (Å²) in [4.78, 5) is 38.4. The van der Waals surface area contributed by atoms with E-state index in [4.69, 9.17) is 0 Å². The minimum absolute atomic E-state index is 0.128. The molecule has 0 fully saturated rings. The Bertz CT molecular complexity index is 1050. The molecule has 26 heavy (non-hydrogen) atoms. The van der Waals surface area contributed by atoms with Crippen molar-refractivity contribution in [3.05, 3.63) is 75.5 Å². The van der Waals surface area contributed by atoms with Gasteiger partial charge in [-0.1, -0.05) is 24.3 Å². The Kier molecular flexibility index (Phi) is 3.76. The Labute approximate surface area is 148 Å². The first kappa shape index (κ1) is 16.0. The van der Waals surface area contributed by atoms with E-state index in [1.807, 2.05) is 24.3 Å². The maximum atomic E-state index is 12.6. The fraction of sp³-hybridized carbons (Fsp3) is 0.158. The van der Waals surface area contributed by atoms with Crippen molar-refractivity contribution in [1.29, 1.82) is 0 Å². The molecule has 1 aromatic heterocycles. The van der Waals surface area contributed by atoms with Crippen LogP contribution in [-0.4, -0.2) is 21.6 Å². The van der Waals surface area contributed by atoms with Gasteiger partial charge >= 0.3 is 0 Å². The van der Waals surface area contributed by atoms with Crippen LogP contribution in [0.3, 0.4) is 0 Å². The van der Waals surface area contributed by atoms with Crippen molar-refractivity contribution in [2.75, 3.05) is 0 Å². The number of nitrogens with one attached hydrogen (secondary N) is 2. The van der Waals surface area contributed by atoms with E-state index < -0.39 is 16.6 Å². The predicted octanol–water partition coefficient (Wildman–Crippen LogP) is 3.06. The van der Waals surface area contributed by atoms with Crippen molar-refractivity contribution in [3.8, 4) is 0 Å². The number of nitro groups is 1. The fourth-order valence-electron chi connectivity index (χ4n) is 3.46. The summed E-state index contributed by atoms with van der Waals surface area (Å²) in [7, 11) is 0. The number of non-ortho nitro benzene ring substituents is 1. The average Bonchev–Trinajstić information content (AvgIpc) is 3.25. The first-order valence-electron chi connectivity index (χ1n) is 8.23. The van der Waals surface area contributed by atoms with Crippen LogP contribution in [-0.2, 0) is 11.2 Å².